The Morgan fingerprint density at radius 1 is 1.07 bits per heavy atom. The summed E-state index contributed by atoms with van der Waals surface area (Å²) in [7, 11) is 0. The molecule has 2 aliphatic carbocycles. The standard InChI is InChI=1S/C30H32F3N3O2S2/c1-3-35(4-2)22-12-10-17(11-13-22)24-25-18-8-9-19(14-18)26(25)39-28-27(24)40-29(38)36(28)16-23(37)34-21-7-5-6-20(15-21)30(31,32)33/h5-7,10-13,15,18-19,24-26H,3-4,8-9,14,16H2,1-2H3,(H,34,37)/t18?,19?,24-,25?,26?/m1/s1. The molecule has 2 bridgehead atoms. The van der Waals surface area contributed by atoms with Crippen molar-refractivity contribution in [2.75, 3.05) is 23.3 Å². The van der Waals surface area contributed by atoms with E-state index in [4.69, 9.17) is 0 Å². The molecule has 1 aromatic heterocycles. The molecule has 5 nitrogen and oxygen atoms in total. The monoisotopic (exact) mass is 587 g/mol. The molecule has 212 valence electrons. The van der Waals surface area contributed by atoms with Crippen molar-refractivity contribution in [3.05, 3.63) is 74.2 Å². The number of carbonyl (C=O) groups excluding carboxylic acids is 1. The van der Waals surface area contributed by atoms with Crippen molar-refractivity contribution in [3.63, 3.8) is 0 Å². The van der Waals surface area contributed by atoms with Crippen molar-refractivity contribution >= 4 is 40.4 Å². The Morgan fingerprint density at radius 2 is 1.80 bits per heavy atom. The lowest BCUT2D eigenvalue weighted by Gasteiger charge is -2.40. The number of rotatable bonds is 7. The Morgan fingerprint density at radius 3 is 2.50 bits per heavy atom. The molecule has 1 amide bonds. The normalized spacial score (nSPS) is 25.0. The van der Waals surface area contributed by atoms with E-state index in [0.29, 0.717) is 23.0 Å². The van der Waals surface area contributed by atoms with E-state index in [1.807, 2.05) is 0 Å². The molecule has 40 heavy (non-hydrogen) atoms. The summed E-state index contributed by atoms with van der Waals surface area (Å²) < 4.78 is 40.9. The smallest absolute Gasteiger partial charge is 0.372 e. The van der Waals surface area contributed by atoms with E-state index in [1.165, 1.54) is 58.5 Å². The van der Waals surface area contributed by atoms with Gasteiger partial charge in [-0.05, 0) is 86.8 Å². The van der Waals surface area contributed by atoms with E-state index in [9.17, 15) is 22.8 Å². The predicted molar refractivity (Wildman–Crippen MR) is 154 cm³/mol. The number of halogens is 3. The molecule has 3 aromatic rings. The third-order valence-corrected chi connectivity index (χ3v) is 11.7. The summed E-state index contributed by atoms with van der Waals surface area (Å²) in [5, 5.41) is 3.80. The summed E-state index contributed by atoms with van der Waals surface area (Å²) in [5.74, 6) is 1.29. The van der Waals surface area contributed by atoms with Gasteiger partial charge in [-0.1, -0.05) is 29.5 Å². The Labute approximate surface area is 239 Å². The number of hydrogen-bond acceptors (Lipinski definition) is 5. The van der Waals surface area contributed by atoms with Crippen LogP contribution in [0.5, 0.6) is 0 Å². The van der Waals surface area contributed by atoms with Gasteiger partial charge in [0.25, 0.3) is 0 Å². The Bertz CT molecular complexity index is 1460. The van der Waals surface area contributed by atoms with Crippen molar-refractivity contribution in [1.29, 1.82) is 0 Å². The second kappa shape index (κ2) is 10.6. The largest absolute Gasteiger partial charge is 0.416 e. The van der Waals surface area contributed by atoms with E-state index in [-0.39, 0.29) is 23.0 Å². The lowest BCUT2D eigenvalue weighted by Crippen LogP contribution is -2.35. The highest BCUT2D eigenvalue weighted by Gasteiger charge is 2.55. The molecule has 2 saturated carbocycles. The molecule has 10 heteroatoms. The van der Waals surface area contributed by atoms with Crippen LogP contribution in [-0.4, -0.2) is 28.8 Å². The zero-order valence-electron chi connectivity index (χ0n) is 22.4. The first-order valence-corrected chi connectivity index (χ1v) is 15.6. The number of fused-ring (bicyclic) bond motifs is 6. The maximum absolute atomic E-state index is 13.3. The molecule has 5 atom stereocenters. The van der Waals surface area contributed by atoms with Gasteiger partial charge in [0.2, 0.25) is 5.91 Å². The molecule has 0 saturated heterocycles. The first kappa shape index (κ1) is 27.4. The Balaban J connectivity index is 1.32. The summed E-state index contributed by atoms with van der Waals surface area (Å²) >= 11 is 2.96. The molecule has 2 heterocycles. The second-order valence-electron chi connectivity index (χ2n) is 11.0. The number of hydrogen-bond donors (Lipinski definition) is 1. The summed E-state index contributed by atoms with van der Waals surface area (Å²) in [6, 6.07) is 13.3. The molecule has 0 radical (unpaired) electrons. The quantitative estimate of drug-likeness (QED) is 0.322. The van der Waals surface area contributed by atoms with E-state index >= 15 is 0 Å². The van der Waals surface area contributed by atoms with Crippen LogP contribution in [0.4, 0.5) is 24.5 Å². The summed E-state index contributed by atoms with van der Waals surface area (Å²) in [6.45, 7) is 5.92. The number of anilines is 2. The van der Waals surface area contributed by atoms with Crippen molar-refractivity contribution in [1.82, 2.24) is 4.57 Å². The molecule has 2 fully saturated rings. The van der Waals surface area contributed by atoms with Crippen LogP contribution in [0.25, 0.3) is 0 Å². The SMILES string of the molecule is CCN(CC)c1ccc([C@H]2c3sc(=O)n(CC(=O)Nc4cccc(C(F)(F)F)c4)c3SC3C4CCC(C4)C32)cc1. The average Bonchev–Trinajstić information content (AvgIpc) is 3.63. The van der Waals surface area contributed by atoms with Gasteiger partial charge >= 0.3 is 11.0 Å². The fourth-order valence-electron chi connectivity index (χ4n) is 7.06. The molecular weight excluding hydrogens is 555 g/mol. The van der Waals surface area contributed by atoms with Crippen LogP contribution < -0.4 is 15.1 Å². The predicted octanol–water partition coefficient (Wildman–Crippen LogP) is 7.07. The van der Waals surface area contributed by atoms with Crippen molar-refractivity contribution in [2.45, 2.75) is 62.0 Å². The Hall–Kier alpha value is -2.72. The van der Waals surface area contributed by atoms with Crippen molar-refractivity contribution in [2.24, 2.45) is 17.8 Å². The van der Waals surface area contributed by atoms with Gasteiger partial charge in [-0.2, -0.15) is 13.2 Å². The number of nitrogens with zero attached hydrogens (tertiary/aromatic N) is 2. The minimum atomic E-state index is -4.50. The fraction of sp³-hybridized carbons (Fsp3) is 0.467. The molecule has 1 aliphatic heterocycles. The van der Waals surface area contributed by atoms with E-state index < -0.39 is 17.6 Å². The fourth-order valence-corrected chi connectivity index (χ4v) is 10.2. The van der Waals surface area contributed by atoms with Crippen LogP contribution >= 0.6 is 23.1 Å². The number of amides is 1. The van der Waals surface area contributed by atoms with Crippen LogP contribution in [0.1, 0.15) is 55.0 Å². The van der Waals surface area contributed by atoms with Gasteiger partial charge in [0.05, 0.1) is 10.6 Å². The van der Waals surface area contributed by atoms with Gasteiger partial charge in [0.15, 0.2) is 0 Å². The number of aromatic nitrogens is 1. The average molecular weight is 588 g/mol. The maximum Gasteiger partial charge on any atom is 0.416 e. The van der Waals surface area contributed by atoms with Crippen LogP contribution in [0, 0.1) is 17.8 Å². The third kappa shape index (κ3) is 4.87. The van der Waals surface area contributed by atoms with Gasteiger partial charge in [0.1, 0.15) is 6.54 Å². The highest BCUT2D eigenvalue weighted by molar-refractivity contribution is 8.00. The van der Waals surface area contributed by atoms with E-state index in [0.717, 1.165) is 35.1 Å². The number of thioether (sulfide) groups is 1. The van der Waals surface area contributed by atoms with Gasteiger partial charge in [-0.3, -0.25) is 14.2 Å². The number of alkyl halides is 3. The zero-order valence-corrected chi connectivity index (χ0v) is 24.0. The molecule has 0 spiro atoms. The van der Waals surface area contributed by atoms with E-state index in [1.54, 1.807) is 11.8 Å². The van der Waals surface area contributed by atoms with Gasteiger partial charge in [-0.15, -0.1) is 11.8 Å². The molecule has 3 aliphatic rings. The maximum atomic E-state index is 13.3. The van der Waals surface area contributed by atoms with Crippen LogP contribution in [0.2, 0.25) is 0 Å². The lowest BCUT2D eigenvalue weighted by atomic mass is 9.75. The highest BCUT2D eigenvalue weighted by atomic mass is 32.2. The summed E-state index contributed by atoms with van der Waals surface area (Å²) in [4.78, 5) is 29.4. The van der Waals surface area contributed by atoms with Crippen molar-refractivity contribution < 1.29 is 18.0 Å². The Kier molecular flexibility index (Phi) is 7.27. The van der Waals surface area contributed by atoms with Crippen molar-refractivity contribution in [3.8, 4) is 0 Å². The van der Waals surface area contributed by atoms with Gasteiger partial charge in [0, 0.05) is 40.5 Å². The minimum absolute atomic E-state index is 0.0592. The minimum Gasteiger partial charge on any atom is -0.372 e. The number of benzene rings is 2. The topological polar surface area (TPSA) is 54.3 Å². The highest BCUT2D eigenvalue weighted by Crippen LogP contribution is 2.64. The number of thiazole rings is 1. The van der Waals surface area contributed by atoms with Gasteiger partial charge < -0.3 is 10.2 Å². The third-order valence-electron chi connectivity index (χ3n) is 8.85. The number of carbonyl (C=O) groups is 1. The molecular formula is C30H32F3N3O2S2. The molecule has 1 N–H and O–H groups in total. The number of nitrogens with one attached hydrogen (secondary N) is 1. The first-order chi connectivity index (χ1) is 19.2. The molecule has 4 unspecified atom stereocenters. The zero-order chi connectivity index (χ0) is 28.2. The lowest BCUT2D eigenvalue weighted by molar-refractivity contribution is -0.137. The second-order valence-corrected chi connectivity index (χ2v) is 13.1. The summed E-state index contributed by atoms with van der Waals surface area (Å²) in [5.41, 5.74) is 1.62. The van der Waals surface area contributed by atoms with Crippen LogP contribution in [-0.2, 0) is 17.5 Å². The first-order valence-electron chi connectivity index (χ1n) is 13.9. The van der Waals surface area contributed by atoms with E-state index in [2.05, 4.69) is 48.3 Å². The van der Waals surface area contributed by atoms with Crippen LogP contribution in [0.15, 0.2) is 58.4 Å². The molecule has 6 rings (SSSR count). The molecule has 2 aromatic carbocycles. The van der Waals surface area contributed by atoms with Gasteiger partial charge in [-0.25, -0.2) is 0 Å². The van der Waals surface area contributed by atoms with Crippen LogP contribution in [0.3, 0.4) is 0 Å². The summed E-state index contributed by atoms with van der Waals surface area (Å²) in [6.07, 6.45) is -0.862.